The molecule has 0 aromatic heterocycles. The quantitative estimate of drug-likeness (QED) is 0.688. The molecular formula is C9H19NO2. The van der Waals surface area contributed by atoms with Crippen LogP contribution in [-0.4, -0.2) is 32.6 Å². The van der Waals surface area contributed by atoms with Crippen LogP contribution in [0.1, 0.15) is 20.3 Å². The third-order valence-electron chi connectivity index (χ3n) is 2.09. The molecule has 2 atom stereocenters. The summed E-state index contributed by atoms with van der Waals surface area (Å²) in [5.74, 6) is 0.525. The Morgan fingerprint density at radius 3 is 2.83 bits per heavy atom. The first-order valence-electron chi connectivity index (χ1n) is 4.62. The molecule has 0 amide bonds. The Bertz CT molecular complexity index is 128. The second-order valence-electron chi connectivity index (χ2n) is 3.56. The van der Waals surface area contributed by atoms with Gasteiger partial charge in [-0.05, 0) is 26.8 Å². The lowest BCUT2D eigenvalue weighted by atomic mass is 10.1. The zero-order valence-corrected chi connectivity index (χ0v) is 8.17. The molecule has 12 heavy (non-hydrogen) atoms. The predicted molar refractivity (Wildman–Crippen MR) is 48.0 cm³/mol. The molecule has 0 aromatic carbocycles. The molecule has 3 nitrogen and oxygen atoms in total. The van der Waals surface area contributed by atoms with Crippen LogP contribution in [-0.2, 0) is 9.47 Å². The van der Waals surface area contributed by atoms with Crippen LogP contribution < -0.4 is 5.32 Å². The summed E-state index contributed by atoms with van der Waals surface area (Å²) in [5.41, 5.74) is 0. The van der Waals surface area contributed by atoms with Crippen molar-refractivity contribution in [1.82, 2.24) is 5.32 Å². The fourth-order valence-electron chi connectivity index (χ4n) is 1.57. The molecule has 3 heteroatoms. The average molecular weight is 173 g/mol. The lowest BCUT2D eigenvalue weighted by Crippen LogP contribution is -2.34. The molecule has 1 N–H and O–H groups in total. The zero-order chi connectivity index (χ0) is 8.97. The number of hydrogen-bond acceptors (Lipinski definition) is 3. The van der Waals surface area contributed by atoms with E-state index in [1.807, 2.05) is 0 Å². The Morgan fingerprint density at radius 1 is 1.50 bits per heavy atom. The van der Waals surface area contributed by atoms with Gasteiger partial charge in [-0.2, -0.15) is 0 Å². The molecule has 1 rings (SSSR count). The average Bonchev–Trinajstić information content (AvgIpc) is 2.37. The molecule has 0 radical (unpaired) electrons. The number of rotatable bonds is 4. The Morgan fingerprint density at radius 2 is 2.25 bits per heavy atom. The van der Waals surface area contributed by atoms with Crippen molar-refractivity contribution < 1.29 is 9.47 Å². The highest BCUT2D eigenvalue weighted by Crippen LogP contribution is 2.17. The van der Waals surface area contributed by atoms with Crippen LogP contribution in [0.25, 0.3) is 0 Å². The van der Waals surface area contributed by atoms with E-state index in [2.05, 4.69) is 19.2 Å². The highest BCUT2D eigenvalue weighted by atomic mass is 16.5. The van der Waals surface area contributed by atoms with Crippen LogP contribution in [0, 0.1) is 5.92 Å². The van der Waals surface area contributed by atoms with Crippen molar-refractivity contribution in [1.29, 1.82) is 0 Å². The van der Waals surface area contributed by atoms with Crippen molar-refractivity contribution in [2.24, 2.45) is 5.92 Å². The van der Waals surface area contributed by atoms with Gasteiger partial charge in [-0.25, -0.2) is 0 Å². The minimum Gasteiger partial charge on any atom is -0.384 e. The van der Waals surface area contributed by atoms with Crippen LogP contribution >= 0.6 is 0 Å². The summed E-state index contributed by atoms with van der Waals surface area (Å²) in [4.78, 5) is 0. The van der Waals surface area contributed by atoms with Crippen molar-refractivity contribution in [2.45, 2.75) is 32.6 Å². The van der Waals surface area contributed by atoms with Gasteiger partial charge >= 0.3 is 0 Å². The van der Waals surface area contributed by atoms with E-state index in [0.717, 1.165) is 19.6 Å². The van der Waals surface area contributed by atoms with E-state index in [4.69, 9.17) is 9.47 Å². The van der Waals surface area contributed by atoms with Gasteiger partial charge in [0.1, 0.15) is 6.23 Å². The highest BCUT2D eigenvalue weighted by molar-refractivity contribution is 4.77. The van der Waals surface area contributed by atoms with Gasteiger partial charge in [-0.1, -0.05) is 0 Å². The predicted octanol–water partition coefficient (Wildman–Crippen LogP) is 0.993. The van der Waals surface area contributed by atoms with Crippen molar-refractivity contribution in [2.75, 3.05) is 20.3 Å². The molecule has 1 fully saturated rings. The molecule has 72 valence electrons. The molecule has 1 saturated heterocycles. The molecule has 0 spiro atoms. The third kappa shape index (κ3) is 2.73. The second kappa shape index (κ2) is 4.80. The van der Waals surface area contributed by atoms with E-state index in [1.54, 1.807) is 7.11 Å². The van der Waals surface area contributed by atoms with E-state index < -0.39 is 0 Å². The highest BCUT2D eigenvalue weighted by Gasteiger charge is 2.27. The maximum atomic E-state index is 5.69. The molecule has 0 bridgehead atoms. The fourth-order valence-corrected chi connectivity index (χ4v) is 1.57. The van der Waals surface area contributed by atoms with E-state index in [1.165, 1.54) is 0 Å². The maximum Gasteiger partial charge on any atom is 0.113 e. The van der Waals surface area contributed by atoms with E-state index in [-0.39, 0.29) is 6.23 Å². The molecule has 0 aromatic rings. The fraction of sp³-hybridized carbons (Fsp3) is 1.00. The SMILES string of the molecule is COCC1CCNC1OC(C)C. The van der Waals surface area contributed by atoms with Crippen molar-refractivity contribution >= 4 is 0 Å². The summed E-state index contributed by atoms with van der Waals surface area (Å²) in [6.07, 6.45) is 1.65. The van der Waals surface area contributed by atoms with Gasteiger partial charge < -0.3 is 9.47 Å². The van der Waals surface area contributed by atoms with Gasteiger partial charge in [0.15, 0.2) is 0 Å². The van der Waals surface area contributed by atoms with Crippen LogP contribution in [0.15, 0.2) is 0 Å². The Kier molecular flexibility index (Phi) is 3.98. The molecule has 1 heterocycles. The molecule has 1 aliphatic heterocycles. The first-order chi connectivity index (χ1) is 5.74. The lowest BCUT2D eigenvalue weighted by Gasteiger charge is -2.21. The summed E-state index contributed by atoms with van der Waals surface area (Å²) in [6.45, 7) is 5.96. The first-order valence-corrected chi connectivity index (χ1v) is 4.62. The Labute approximate surface area is 74.4 Å². The zero-order valence-electron chi connectivity index (χ0n) is 8.17. The Hall–Kier alpha value is -0.120. The van der Waals surface area contributed by atoms with Gasteiger partial charge in [-0.15, -0.1) is 0 Å². The summed E-state index contributed by atoms with van der Waals surface area (Å²) >= 11 is 0. The van der Waals surface area contributed by atoms with Crippen LogP contribution in [0.4, 0.5) is 0 Å². The van der Waals surface area contributed by atoms with Gasteiger partial charge in [0.25, 0.3) is 0 Å². The van der Waals surface area contributed by atoms with Gasteiger partial charge in [0.2, 0.25) is 0 Å². The lowest BCUT2D eigenvalue weighted by molar-refractivity contribution is -0.0418. The van der Waals surface area contributed by atoms with E-state index in [0.29, 0.717) is 12.0 Å². The number of nitrogens with one attached hydrogen (secondary N) is 1. The standard InChI is InChI=1S/C9H19NO2/c1-7(2)12-9-8(6-11-3)4-5-10-9/h7-10H,4-6H2,1-3H3. The third-order valence-corrected chi connectivity index (χ3v) is 2.09. The van der Waals surface area contributed by atoms with E-state index >= 15 is 0 Å². The summed E-state index contributed by atoms with van der Waals surface area (Å²) in [7, 11) is 1.74. The topological polar surface area (TPSA) is 30.5 Å². The van der Waals surface area contributed by atoms with Crippen LogP contribution in [0.3, 0.4) is 0 Å². The summed E-state index contributed by atoms with van der Waals surface area (Å²) in [6, 6.07) is 0. The van der Waals surface area contributed by atoms with Crippen molar-refractivity contribution in [3.63, 3.8) is 0 Å². The molecular weight excluding hydrogens is 154 g/mol. The van der Waals surface area contributed by atoms with Gasteiger partial charge in [0, 0.05) is 13.0 Å². The van der Waals surface area contributed by atoms with Gasteiger partial charge in [0.05, 0.1) is 12.7 Å². The van der Waals surface area contributed by atoms with Crippen LogP contribution in [0.2, 0.25) is 0 Å². The van der Waals surface area contributed by atoms with Crippen molar-refractivity contribution in [3.8, 4) is 0 Å². The Balaban J connectivity index is 2.30. The minimum atomic E-state index is 0.199. The molecule has 0 saturated carbocycles. The van der Waals surface area contributed by atoms with Crippen molar-refractivity contribution in [3.05, 3.63) is 0 Å². The largest absolute Gasteiger partial charge is 0.384 e. The molecule has 2 unspecified atom stereocenters. The normalized spacial score (nSPS) is 30.0. The monoisotopic (exact) mass is 173 g/mol. The maximum absolute atomic E-state index is 5.69. The summed E-state index contributed by atoms with van der Waals surface area (Å²) in [5, 5.41) is 3.32. The van der Waals surface area contributed by atoms with Gasteiger partial charge in [-0.3, -0.25) is 5.32 Å². The minimum absolute atomic E-state index is 0.199. The molecule has 1 aliphatic rings. The first kappa shape index (κ1) is 9.96. The number of methoxy groups -OCH3 is 1. The van der Waals surface area contributed by atoms with E-state index in [9.17, 15) is 0 Å². The molecule has 0 aliphatic carbocycles. The van der Waals surface area contributed by atoms with Crippen LogP contribution in [0.5, 0.6) is 0 Å². The summed E-state index contributed by atoms with van der Waals surface area (Å²) < 4.78 is 10.8. The second-order valence-corrected chi connectivity index (χ2v) is 3.56. The number of ether oxygens (including phenoxy) is 2. The smallest absolute Gasteiger partial charge is 0.113 e. The number of hydrogen-bond donors (Lipinski definition) is 1.